The highest BCUT2D eigenvalue weighted by atomic mass is 32.2. The Kier molecular flexibility index (Phi) is 3.12. The minimum absolute atomic E-state index is 0.0441. The van der Waals surface area contributed by atoms with Gasteiger partial charge in [0.2, 0.25) is 0 Å². The van der Waals surface area contributed by atoms with Crippen molar-refractivity contribution >= 4 is 21.9 Å². The van der Waals surface area contributed by atoms with Gasteiger partial charge in [0, 0.05) is 6.20 Å². The SMILES string of the molecule is Cc1noc(NS(=O)(=O)c2ccc(NN)nc2)n1. The van der Waals surface area contributed by atoms with Crippen LogP contribution in [-0.2, 0) is 10.0 Å². The average molecular weight is 270 g/mol. The van der Waals surface area contributed by atoms with Crippen LogP contribution in [0.4, 0.5) is 11.8 Å². The molecule has 0 bridgehead atoms. The van der Waals surface area contributed by atoms with Crippen molar-refractivity contribution in [1.29, 1.82) is 0 Å². The second-order valence-corrected chi connectivity index (χ2v) is 4.96. The fourth-order valence-corrected chi connectivity index (χ4v) is 2.01. The van der Waals surface area contributed by atoms with Gasteiger partial charge in [0.15, 0.2) is 5.82 Å². The summed E-state index contributed by atoms with van der Waals surface area (Å²) in [6.07, 6.45) is 1.15. The van der Waals surface area contributed by atoms with Gasteiger partial charge >= 0.3 is 6.01 Å². The summed E-state index contributed by atoms with van der Waals surface area (Å²) >= 11 is 0. The van der Waals surface area contributed by atoms with E-state index in [4.69, 9.17) is 5.84 Å². The topological polar surface area (TPSA) is 136 Å². The summed E-state index contributed by atoms with van der Waals surface area (Å²) in [5, 5.41) is 3.47. The van der Waals surface area contributed by atoms with E-state index >= 15 is 0 Å². The molecule has 0 radical (unpaired) electrons. The number of nitrogens with zero attached hydrogens (tertiary/aromatic N) is 3. The van der Waals surface area contributed by atoms with E-state index in [1.807, 2.05) is 0 Å². The normalized spacial score (nSPS) is 11.2. The van der Waals surface area contributed by atoms with Gasteiger partial charge in [0.1, 0.15) is 10.7 Å². The number of aryl methyl sites for hydroxylation is 1. The van der Waals surface area contributed by atoms with Crippen LogP contribution in [0.2, 0.25) is 0 Å². The molecule has 0 saturated carbocycles. The third-order valence-corrected chi connectivity index (χ3v) is 3.25. The fraction of sp³-hybridized carbons (Fsp3) is 0.125. The molecule has 2 aromatic heterocycles. The van der Waals surface area contributed by atoms with E-state index in [0.29, 0.717) is 11.6 Å². The average Bonchev–Trinajstić information content (AvgIpc) is 2.74. The summed E-state index contributed by atoms with van der Waals surface area (Å²) in [7, 11) is -3.80. The summed E-state index contributed by atoms with van der Waals surface area (Å²) in [6.45, 7) is 1.57. The summed E-state index contributed by atoms with van der Waals surface area (Å²) in [6, 6.07) is 2.56. The highest BCUT2D eigenvalue weighted by Gasteiger charge is 2.17. The molecule has 2 heterocycles. The lowest BCUT2D eigenvalue weighted by atomic mass is 10.5. The third-order valence-electron chi connectivity index (χ3n) is 1.94. The zero-order valence-electron chi connectivity index (χ0n) is 9.28. The van der Waals surface area contributed by atoms with Crippen molar-refractivity contribution in [2.24, 2.45) is 5.84 Å². The number of nitrogen functional groups attached to an aromatic ring is 1. The van der Waals surface area contributed by atoms with E-state index in [2.05, 4.69) is 29.8 Å². The monoisotopic (exact) mass is 270 g/mol. The molecule has 9 nitrogen and oxygen atoms in total. The van der Waals surface area contributed by atoms with Crippen molar-refractivity contribution in [3.05, 3.63) is 24.2 Å². The molecule has 18 heavy (non-hydrogen) atoms. The Labute approximate surface area is 102 Å². The van der Waals surface area contributed by atoms with Crippen molar-refractivity contribution in [2.75, 3.05) is 10.1 Å². The van der Waals surface area contributed by atoms with Gasteiger partial charge in [-0.1, -0.05) is 5.16 Å². The van der Waals surface area contributed by atoms with E-state index in [1.54, 1.807) is 6.92 Å². The Hall–Kier alpha value is -2.20. The van der Waals surface area contributed by atoms with E-state index < -0.39 is 10.0 Å². The molecule has 0 fully saturated rings. The van der Waals surface area contributed by atoms with Crippen LogP contribution in [0.25, 0.3) is 0 Å². The van der Waals surface area contributed by atoms with Gasteiger partial charge in [0.25, 0.3) is 10.0 Å². The maximum atomic E-state index is 11.9. The molecular weight excluding hydrogens is 260 g/mol. The molecule has 10 heteroatoms. The lowest BCUT2D eigenvalue weighted by Crippen LogP contribution is -2.14. The van der Waals surface area contributed by atoms with Gasteiger partial charge in [-0.05, 0) is 19.1 Å². The second kappa shape index (κ2) is 4.58. The summed E-state index contributed by atoms with van der Waals surface area (Å²) < 4.78 is 30.6. The minimum atomic E-state index is -3.80. The Bertz CT molecular complexity index is 635. The minimum Gasteiger partial charge on any atom is -0.314 e. The molecule has 0 spiro atoms. The molecule has 4 N–H and O–H groups in total. The number of hydrogen-bond donors (Lipinski definition) is 3. The molecule has 96 valence electrons. The molecule has 0 unspecified atom stereocenters. The molecule has 0 aliphatic carbocycles. The standard InChI is InChI=1S/C8H10N6O3S/c1-5-11-8(17-13-5)14-18(15,16)6-2-3-7(12-9)10-4-6/h2-4H,9H2,1H3,(H,10,12)(H,11,13,14). The predicted molar refractivity (Wildman–Crippen MR) is 61.9 cm³/mol. The molecular formula is C8H10N6O3S. The second-order valence-electron chi connectivity index (χ2n) is 3.28. The van der Waals surface area contributed by atoms with Gasteiger partial charge in [-0.15, -0.1) is 0 Å². The van der Waals surface area contributed by atoms with Crippen LogP contribution in [0.1, 0.15) is 5.82 Å². The lowest BCUT2D eigenvalue weighted by molar-refractivity contribution is 0.429. The number of hydrazine groups is 1. The smallest absolute Gasteiger partial charge is 0.314 e. The van der Waals surface area contributed by atoms with Crippen LogP contribution in [0.15, 0.2) is 27.7 Å². The maximum Gasteiger partial charge on any atom is 0.335 e. The Morgan fingerprint density at radius 1 is 1.39 bits per heavy atom. The largest absolute Gasteiger partial charge is 0.335 e. The number of rotatable bonds is 4. The van der Waals surface area contributed by atoms with Crippen LogP contribution in [0, 0.1) is 6.92 Å². The Morgan fingerprint density at radius 3 is 2.67 bits per heavy atom. The third kappa shape index (κ3) is 2.55. The van der Waals surface area contributed by atoms with Crippen molar-refractivity contribution in [3.63, 3.8) is 0 Å². The van der Waals surface area contributed by atoms with Crippen LogP contribution < -0.4 is 16.0 Å². The first-order chi connectivity index (χ1) is 8.51. The first kappa shape index (κ1) is 12.3. The van der Waals surface area contributed by atoms with Crippen molar-refractivity contribution in [2.45, 2.75) is 11.8 Å². The van der Waals surface area contributed by atoms with Crippen LogP contribution in [0.5, 0.6) is 0 Å². The van der Waals surface area contributed by atoms with Crippen LogP contribution in [0.3, 0.4) is 0 Å². The molecule has 0 saturated heterocycles. The van der Waals surface area contributed by atoms with E-state index in [1.165, 1.54) is 12.1 Å². The number of pyridine rings is 1. The van der Waals surface area contributed by atoms with Gasteiger partial charge in [0.05, 0.1) is 0 Å². The number of nitrogens with one attached hydrogen (secondary N) is 2. The number of anilines is 2. The van der Waals surface area contributed by atoms with Gasteiger partial charge in [-0.2, -0.15) is 4.98 Å². The van der Waals surface area contributed by atoms with E-state index in [9.17, 15) is 8.42 Å². The number of sulfonamides is 1. The van der Waals surface area contributed by atoms with Crippen molar-refractivity contribution in [1.82, 2.24) is 15.1 Å². The highest BCUT2D eigenvalue weighted by Crippen LogP contribution is 2.14. The van der Waals surface area contributed by atoms with Gasteiger partial charge in [-0.3, -0.25) is 0 Å². The molecule has 2 rings (SSSR count). The zero-order valence-corrected chi connectivity index (χ0v) is 10.1. The lowest BCUT2D eigenvalue weighted by Gasteiger charge is -2.04. The molecule has 0 aromatic carbocycles. The maximum absolute atomic E-state index is 11.9. The summed E-state index contributed by atoms with van der Waals surface area (Å²) in [5.41, 5.74) is 2.29. The molecule has 0 aliphatic rings. The first-order valence-electron chi connectivity index (χ1n) is 4.77. The number of aromatic nitrogens is 3. The zero-order chi connectivity index (χ0) is 13.2. The predicted octanol–water partition coefficient (Wildman–Crippen LogP) is -0.141. The van der Waals surface area contributed by atoms with Crippen LogP contribution in [-0.4, -0.2) is 23.5 Å². The molecule has 0 aliphatic heterocycles. The Morgan fingerprint density at radius 2 is 2.17 bits per heavy atom. The fourth-order valence-electron chi connectivity index (χ4n) is 1.14. The van der Waals surface area contributed by atoms with Crippen LogP contribution >= 0.6 is 0 Å². The molecule has 0 atom stereocenters. The van der Waals surface area contributed by atoms with E-state index in [0.717, 1.165) is 6.20 Å². The summed E-state index contributed by atoms with van der Waals surface area (Å²) in [5.74, 6) is 5.80. The van der Waals surface area contributed by atoms with Crippen molar-refractivity contribution in [3.8, 4) is 0 Å². The number of hydrogen-bond acceptors (Lipinski definition) is 8. The van der Waals surface area contributed by atoms with E-state index in [-0.39, 0.29) is 10.9 Å². The number of nitrogens with two attached hydrogens (primary N) is 1. The Balaban J connectivity index is 2.24. The quantitative estimate of drug-likeness (QED) is 0.515. The van der Waals surface area contributed by atoms with Crippen molar-refractivity contribution < 1.29 is 12.9 Å². The molecule has 2 aromatic rings. The molecule has 0 amide bonds. The van der Waals surface area contributed by atoms with Gasteiger partial charge < -0.3 is 9.95 Å². The van der Waals surface area contributed by atoms with Gasteiger partial charge in [-0.25, -0.2) is 24.0 Å². The highest BCUT2D eigenvalue weighted by molar-refractivity contribution is 7.92. The first-order valence-corrected chi connectivity index (χ1v) is 6.25. The summed E-state index contributed by atoms with van der Waals surface area (Å²) in [4.78, 5) is 7.48.